The quantitative estimate of drug-likeness (QED) is 0.0223. The van der Waals surface area contributed by atoms with Crippen LogP contribution in [0.4, 0.5) is 17.6 Å². The molecule has 0 amide bonds. The fraction of sp³-hybridized carbons (Fsp3) is 0.551. The molecular formula is C49H63N17O25P4S4. The van der Waals surface area contributed by atoms with Crippen molar-refractivity contribution in [1.82, 2.24) is 67.7 Å². The van der Waals surface area contributed by atoms with Crippen molar-refractivity contribution < 1.29 is 89.3 Å². The molecular weight excluding hydrogens is 1480 g/mol. The Morgan fingerprint density at radius 1 is 0.566 bits per heavy atom. The van der Waals surface area contributed by atoms with Crippen LogP contribution in [-0.2, 0) is 99.9 Å². The molecule has 12 rings (SSSR count). The van der Waals surface area contributed by atoms with Crippen molar-refractivity contribution in [3.8, 4) is 0 Å². The SMILES string of the molecule is Cc1cn([C@H]2C[C@H](OP(O)(=S)OC[C@H]3O[C@@H](n4cc(C)c(=O)[nH]c4=O)C[C@@H]3O)[C@@H](COP(=O)(S)OC3C[C@H](n4cnc5c(N)ncnc54)O[C@@H]3COP(O)(=S)O[C@H]3C[C@H](n4ccc(N)nc4=O)O[C@@H]3COP(O)(=S)OC3C[C@H](n4cnc5c(=O)[nH]c(N)nc54)O[C@@H]3CO)O2)c(=O)[nH]c1=O. The number of anilines is 3. The number of aliphatic hydroxyl groups excluding tert-OH is 2. The number of thiol groups is 1. The summed E-state index contributed by atoms with van der Waals surface area (Å²) < 4.78 is 98.5. The van der Waals surface area contributed by atoms with Gasteiger partial charge in [-0.05, 0) is 55.3 Å². The number of rotatable bonds is 26. The highest BCUT2D eigenvalue weighted by Crippen LogP contribution is 2.58. The Kier molecular flexibility index (Phi) is 21.6. The molecule has 99 heavy (non-hydrogen) atoms. The average Bonchev–Trinajstić information content (AvgIpc) is 1.66. The molecule has 7 aromatic rings. The van der Waals surface area contributed by atoms with Gasteiger partial charge in [0.2, 0.25) is 5.95 Å². The van der Waals surface area contributed by atoms with Gasteiger partial charge in [-0.3, -0.25) is 61.2 Å². The maximum absolute atomic E-state index is 14.6. The van der Waals surface area contributed by atoms with E-state index in [4.69, 9.17) is 112 Å². The summed E-state index contributed by atoms with van der Waals surface area (Å²) in [6, 6.07) is 1.32. The van der Waals surface area contributed by atoms with E-state index in [0.29, 0.717) is 0 Å². The van der Waals surface area contributed by atoms with Gasteiger partial charge in [0.25, 0.3) is 16.7 Å². The first-order valence-electron chi connectivity index (χ1n) is 29.6. The standard InChI is InChI=1S/C49H63N17O25P4S4/c1-20-10-63(48(73)60-43(20)69)33-5-22(68)28(84-33)13-79-92(75,96)90-25-8-35(64-11-21(2)44(70)61-49(64)74)86-30(25)15-81-95(78,99)91-26-9-36(65-18-55-38-40(51)53-17-54-41(38)65)87-31(26)16-82-94(77,98)89-24-7-34(62-4-3-32(50)57-47(62)72)85-29(24)14-80-93(76,97)88-23-6-37(83-27(23)12-67)66-19-56-39-42(66)58-46(52)59-45(39)71/h3-4,10-11,17-19,22-31,33-37,67-68H,5-9,12-16H2,1-2H3,(H,75,96)(H,76,97)(H,77,98)(H,78,99)(H2,50,57,72)(H2,51,53,54)(H,60,69,73)(H,61,70,74)(H3,52,58,59,71)/t22-,23?,24-,25-,26?,27+,28+,29+,30+,31+,33+,34+,35+,36+,37+,92?,93?,94?,95?/m0/s1. The number of imidazole rings is 2. The first-order valence-corrected chi connectivity index (χ1v) is 40.1. The predicted octanol–water partition coefficient (Wildman–Crippen LogP) is -1.23. The highest BCUT2D eigenvalue weighted by Gasteiger charge is 2.49. The van der Waals surface area contributed by atoms with Crippen LogP contribution in [0.5, 0.6) is 0 Å². The minimum Gasteiger partial charge on any atom is -0.394 e. The largest absolute Gasteiger partial charge is 0.394 e. The lowest BCUT2D eigenvalue weighted by Crippen LogP contribution is -2.33. The first-order chi connectivity index (χ1) is 46.8. The monoisotopic (exact) mass is 1540 g/mol. The molecule has 5 saturated heterocycles. The molecule has 538 valence electrons. The average molecular weight is 1540 g/mol. The number of H-pyrrole nitrogens is 3. The Balaban J connectivity index is 0.734. The summed E-state index contributed by atoms with van der Waals surface area (Å²) in [7, 11) is 0. The molecule has 0 radical (unpaired) electrons. The zero-order valence-corrected chi connectivity index (χ0v) is 58.2. The van der Waals surface area contributed by atoms with E-state index in [2.05, 4.69) is 57.1 Å². The molecule has 7 aromatic heterocycles. The van der Waals surface area contributed by atoms with Gasteiger partial charge >= 0.3 is 44.0 Å². The number of nitrogens with zero attached hydrogens (tertiary/aromatic N) is 11. The van der Waals surface area contributed by atoms with Crippen molar-refractivity contribution in [2.45, 2.75) is 138 Å². The summed E-state index contributed by atoms with van der Waals surface area (Å²) in [4.78, 5) is 142. The lowest BCUT2D eigenvalue weighted by molar-refractivity contribution is -0.0560. The van der Waals surface area contributed by atoms with E-state index in [9.17, 15) is 58.2 Å². The molecule has 5 fully saturated rings. The number of aliphatic hydroxyl groups is 2. The normalized spacial score (nSPS) is 29.7. The number of nitrogens with one attached hydrogen (secondary N) is 3. The van der Waals surface area contributed by atoms with Crippen molar-refractivity contribution in [1.29, 1.82) is 0 Å². The van der Waals surface area contributed by atoms with Crippen LogP contribution in [0.15, 0.2) is 72.4 Å². The van der Waals surface area contributed by atoms with E-state index >= 15 is 0 Å². The van der Waals surface area contributed by atoms with Crippen LogP contribution in [0, 0.1) is 13.8 Å². The summed E-state index contributed by atoms with van der Waals surface area (Å²) in [5, 5.41) is 21.2. The Morgan fingerprint density at radius 2 is 1.01 bits per heavy atom. The van der Waals surface area contributed by atoms with E-state index in [1.54, 1.807) is 0 Å². The Hall–Kier alpha value is -5.65. The maximum atomic E-state index is 14.6. The van der Waals surface area contributed by atoms with E-state index < -0.39 is 186 Å². The molecule has 14 N–H and O–H groups in total. The van der Waals surface area contributed by atoms with Crippen LogP contribution >= 0.6 is 39.2 Å². The second-order valence-corrected chi connectivity index (χ2v) is 34.3. The molecule has 0 bridgehead atoms. The van der Waals surface area contributed by atoms with E-state index in [1.807, 2.05) is 0 Å². The summed E-state index contributed by atoms with van der Waals surface area (Å²) in [5.41, 5.74) is 13.9. The van der Waals surface area contributed by atoms with Crippen molar-refractivity contribution in [3.63, 3.8) is 0 Å². The Morgan fingerprint density at radius 3 is 1.55 bits per heavy atom. The van der Waals surface area contributed by atoms with Crippen LogP contribution in [0.2, 0.25) is 0 Å². The summed E-state index contributed by atoms with van der Waals surface area (Å²) in [5.74, 6) is -0.284. The molecule has 0 saturated carbocycles. The van der Waals surface area contributed by atoms with Gasteiger partial charge in [0.05, 0.1) is 70.1 Å². The number of nitrogen functional groups attached to an aromatic ring is 3. The Labute approximate surface area is 574 Å². The molecule has 42 nitrogen and oxygen atoms in total. The van der Waals surface area contributed by atoms with Crippen molar-refractivity contribution >= 4 is 115 Å². The van der Waals surface area contributed by atoms with Gasteiger partial charge in [-0.25, -0.2) is 38.9 Å². The summed E-state index contributed by atoms with van der Waals surface area (Å²) in [6.07, 6.45) is -11.6. The van der Waals surface area contributed by atoms with Crippen molar-refractivity contribution in [2.24, 2.45) is 0 Å². The first kappa shape index (κ1) is 73.1. The highest BCUT2D eigenvalue weighted by atomic mass is 32.7. The van der Waals surface area contributed by atoms with Gasteiger partial charge in [0.15, 0.2) is 22.6 Å². The van der Waals surface area contributed by atoms with Gasteiger partial charge in [-0.15, -0.1) is 0 Å². The molecule has 0 spiro atoms. The van der Waals surface area contributed by atoms with Crippen molar-refractivity contribution in [3.05, 3.63) is 117 Å². The van der Waals surface area contributed by atoms with Crippen LogP contribution in [0.3, 0.4) is 0 Å². The van der Waals surface area contributed by atoms with Gasteiger partial charge in [-0.2, -0.15) is 9.97 Å². The predicted molar refractivity (Wildman–Crippen MR) is 352 cm³/mol. The number of ether oxygens (including phenoxy) is 5. The minimum atomic E-state index is -4.68. The summed E-state index contributed by atoms with van der Waals surface area (Å²) >= 11 is 20.7. The zero-order valence-electron chi connectivity index (χ0n) is 51.3. The number of aryl methyl sites for hydroxylation is 2. The molecule has 19 atom stereocenters. The second kappa shape index (κ2) is 29.2. The number of hydrogen-bond donors (Lipinski definition) is 12. The lowest BCUT2D eigenvalue weighted by atomic mass is 10.2. The molecule has 5 aliphatic heterocycles. The van der Waals surface area contributed by atoms with Crippen LogP contribution < -0.4 is 50.9 Å². The van der Waals surface area contributed by atoms with Gasteiger partial charge in [0.1, 0.15) is 85.4 Å². The van der Waals surface area contributed by atoms with Crippen LogP contribution in [-0.4, -0.2) is 187 Å². The number of aromatic nitrogens is 14. The van der Waals surface area contributed by atoms with Gasteiger partial charge < -0.3 is 92.9 Å². The van der Waals surface area contributed by atoms with Gasteiger partial charge in [-0.1, -0.05) is 12.2 Å². The third kappa shape index (κ3) is 16.6. The number of hydrogen-bond acceptors (Lipinski definition) is 34. The fourth-order valence-electron chi connectivity index (χ4n) is 11.5. The number of nitrogens with two attached hydrogens (primary N) is 3. The highest BCUT2D eigenvalue weighted by molar-refractivity contribution is 8.44. The molecule has 6 unspecified atom stereocenters. The van der Waals surface area contributed by atoms with E-state index in [1.165, 1.54) is 66.6 Å². The van der Waals surface area contributed by atoms with E-state index in [-0.39, 0.29) is 83.1 Å². The number of aromatic amines is 3. The Bertz CT molecular complexity index is 4790. The molecule has 50 heteroatoms. The zero-order chi connectivity index (χ0) is 70.8. The third-order valence-electron chi connectivity index (χ3n) is 16.3. The van der Waals surface area contributed by atoms with Crippen molar-refractivity contribution in [2.75, 3.05) is 50.2 Å². The van der Waals surface area contributed by atoms with E-state index in [0.717, 1.165) is 13.7 Å². The fourth-order valence-corrected chi connectivity index (χ4v) is 17.5. The second-order valence-electron chi connectivity index (χ2n) is 23.1. The third-order valence-corrected chi connectivity index (χ3v) is 22.7. The molecule has 0 aliphatic carbocycles. The smallest absolute Gasteiger partial charge is 0.386 e. The topological polar surface area (TPSA) is 568 Å². The van der Waals surface area contributed by atoms with Crippen LogP contribution in [0.1, 0.15) is 74.4 Å². The number of fused-ring (bicyclic) bond motifs is 2. The lowest BCUT2D eigenvalue weighted by Gasteiger charge is -2.28. The molecule has 12 heterocycles. The van der Waals surface area contributed by atoms with Crippen LogP contribution in [0.25, 0.3) is 22.3 Å². The summed E-state index contributed by atoms with van der Waals surface area (Å²) in [6.45, 7) is -18.3. The maximum Gasteiger partial charge on any atom is 0.386 e. The minimum absolute atomic E-state index is 0.0231. The molecule has 5 aliphatic rings. The molecule has 0 aromatic carbocycles. The van der Waals surface area contributed by atoms with Gasteiger partial charge in [0, 0.05) is 61.8 Å².